The first-order valence-corrected chi connectivity index (χ1v) is 18.4. The van der Waals surface area contributed by atoms with E-state index in [9.17, 15) is 4.79 Å². The third kappa shape index (κ3) is 22.4. The largest absolute Gasteiger partial charge is 0.446 e. The first-order valence-electron chi connectivity index (χ1n) is 17.4. The van der Waals surface area contributed by atoms with Crippen molar-refractivity contribution < 1.29 is 23.6 Å². The van der Waals surface area contributed by atoms with Gasteiger partial charge in [0.2, 0.25) is 5.51 Å². The van der Waals surface area contributed by atoms with Gasteiger partial charge in [-0.25, -0.2) is 4.79 Å². The van der Waals surface area contributed by atoms with Crippen LogP contribution in [0, 0.1) is 0 Å². The fourth-order valence-electron chi connectivity index (χ4n) is 5.18. The summed E-state index contributed by atoms with van der Waals surface area (Å²) >= 11 is 1.74. The highest BCUT2D eigenvalue weighted by Gasteiger charge is 2.27. The number of aryl methyl sites for hydroxylation is 1. The van der Waals surface area contributed by atoms with Crippen LogP contribution in [0.1, 0.15) is 149 Å². The standard InChI is InChI=1S/C35H67N2O4S/c1-5-6-7-8-9-10-11-12-13-14-15-16-17-18-20-23-26-36(3)34(38)41-32-35(2,39-4)31-40-29-25-22-19-21-24-27-37-28-30-42-33-37/h28,30,33H,5-27,29,31-32H2,1-4H3/q+1. The summed E-state index contributed by atoms with van der Waals surface area (Å²) < 4.78 is 19.3. The molecular weight excluding hydrogens is 544 g/mol. The third-order valence-electron chi connectivity index (χ3n) is 8.29. The van der Waals surface area contributed by atoms with Gasteiger partial charge in [0.05, 0.1) is 12.0 Å². The Morgan fingerprint density at radius 1 is 0.762 bits per heavy atom. The highest BCUT2D eigenvalue weighted by atomic mass is 32.1. The first kappa shape index (κ1) is 38.8. The van der Waals surface area contributed by atoms with Crippen molar-refractivity contribution in [2.75, 3.05) is 40.5 Å². The number of amides is 1. The molecule has 1 aromatic heterocycles. The number of hydrogen-bond acceptors (Lipinski definition) is 5. The van der Waals surface area contributed by atoms with Gasteiger partial charge in [-0.2, -0.15) is 4.57 Å². The number of ether oxygens (including phenoxy) is 3. The molecule has 1 rings (SSSR count). The average molecular weight is 612 g/mol. The molecule has 0 aliphatic rings. The van der Waals surface area contributed by atoms with E-state index in [-0.39, 0.29) is 12.7 Å². The lowest BCUT2D eigenvalue weighted by atomic mass is 10.0. The van der Waals surface area contributed by atoms with Crippen molar-refractivity contribution in [3.05, 3.63) is 17.1 Å². The lowest BCUT2D eigenvalue weighted by Gasteiger charge is -2.28. The molecule has 7 heteroatoms. The topological polar surface area (TPSA) is 51.9 Å². The number of thiazole rings is 1. The highest BCUT2D eigenvalue weighted by molar-refractivity contribution is 7.07. The van der Waals surface area contributed by atoms with E-state index in [0.717, 1.165) is 25.9 Å². The maximum absolute atomic E-state index is 12.5. The van der Waals surface area contributed by atoms with E-state index in [0.29, 0.717) is 13.2 Å². The molecule has 0 N–H and O–H groups in total. The van der Waals surface area contributed by atoms with Gasteiger partial charge in [-0.15, -0.1) is 0 Å². The SMILES string of the molecule is CCCCCCCCCCCCCCCCCCN(C)C(=O)OCC(C)(COCCCCCCC[n+]1ccsc1)OC. The minimum atomic E-state index is -0.623. The molecule has 1 unspecified atom stereocenters. The van der Waals surface area contributed by atoms with Crippen molar-refractivity contribution in [3.63, 3.8) is 0 Å². The molecule has 1 atom stereocenters. The van der Waals surface area contributed by atoms with Crippen LogP contribution in [0.2, 0.25) is 0 Å². The van der Waals surface area contributed by atoms with Crippen LogP contribution in [-0.4, -0.2) is 57.1 Å². The second-order valence-electron chi connectivity index (χ2n) is 12.5. The van der Waals surface area contributed by atoms with E-state index in [1.165, 1.54) is 122 Å². The second-order valence-corrected chi connectivity index (χ2v) is 13.3. The van der Waals surface area contributed by atoms with Crippen molar-refractivity contribution in [1.82, 2.24) is 4.90 Å². The maximum Gasteiger partial charge on any atom is 0.409 e. The zero-order valence-corrected chi connectivity index (χ0v) is 28.9. The summed E-state index contributed by atoms with van der Waals surface area (Å²) in [5, 5.41) is 2.12. The molecule has 0 spiro atoms. The molecule has 0 aliphatic heterocycles. The van der Waals surface area contributed by atoms with Crippen molar-refractivity contribution in [1.29, 1.82) is 0 Å². The van der Waals surface area contributed by atoms with Gasteiger partial charge in [0.15, 0.2) is 6.20 Å². The van der Waals surface area contributed by atoms with Crippen molar-refractivity contribution in [3.8, 4) is 0 Å². The molecule has 0 bridgehead atoms. The fourth-order valence-corrected chi connectivity index (χ4v) is 5.81. The van der Waals surface area contributed by atoms with E-state index in [1.807, 2.05) is 14.0 Å². The van der Waals surface area contributed by atoms with Crippen LogP contribution in [0.3, 0.4) is 0 Å². The Kier molecular flexibility index (Phi) is 25.3. The van der Waals surface area contributed by atoms with Gasteiger partial charge in [0.1, 0.15) is 18.8 Å². The monoisotopic (exact) mass is 611 g/mol. The molecule has 42 heavy (non-hydrogen) atoms. The summed E-state index contributed by atoms with van der Waals surface area (Å²) in [6.07, 6.45) is 29.4. The van der Waals surface area contributed by atoms with Crippen LogP contribution in [0.25, 0.3) is 0 Å². The Bertz CT molecular complexity index is 718. The molecule has 0 saturated carbocycles. The third-order valence-corrected chi connectivity index (χ3v) is 8.96. The Morgan fingerprint density at radius 3 is 1.81 bits per heavy atom. The van der Waals surface area contributed by atoms with Crippen molar-refractivity contribution in [2.45, 2.75) is 161 Å². The predicted octanol–water partition coefficient (Wildman–Crippen LogP) is 9.74. The zero-order chi connectivity index (χ0) is 30.6. The Morgan fingerprint density at radius 2 is 1.29 bits per heavy atom. The first-order chi connectivity index (χ1) is 20.5. The van der Waals surface area contributed by atoms with E-state index in [4.69, 9.17) is 14.2 Å². The van der Waals surface area contributed by atoms with Crippen LogP contribution < -0.4 is 4.57 Å². The summed E-state index contributed by atoms with van der Waals surface area (Å²) in [5.41, 5.74) is 1.54. The highest BCUT2D eigenvalue weighted by Crippen LogP contribution is 2.15. The van der Waals surface area contributed by atoms with Crippen molar-refractivity contribution in [2.24, 2.45) is 0 Å². The fraction of sp³-hybridized carbons (Fsp3) is 0.886. The van der Waals surface area contributed by atoms with Gasteiger partial charge in [-0.3, -0.25) is 0 Å². The number of carbonyl (C=O) groups excluding carboxylic acids is 1. The van der Waals surface area contributed by atoms with Crippen LogP contribution in [0.15, 0.2) is 17.1 Å². The number of hydrogen-bond donors (Lipinski definition) is 0. The van der Waals surface area contributed by atoms with Crippen LogP contribution in [-0.2, 0) is 20.8 Å². The van der Waals surface area contributed by atoms with Crippen LogP contribution >= 0.6 is 11.3 Å². The maximum atomic E-state index is 12.5. The lowest BCUT2D eigenvalue weighted by Crippen LogP contribution is -2.41. The van der Waals surface area contributed by atoms with Crippen LogP contribution in [0.4, 0.5) is 4.79 Å². The Labute approximate surface area is 263 Å². The molecule has 1 aromatic rings. The van der Waals surface area contributed by atoms with Gasteiger partial charge in [0, 0.05) is 33.7 Å². The second kappa shape index (κ2) is 27.4. The molecule has 1 amide bonds. The van der Waals surface area contributed by atoms with Crippen LogP contribution in [0.5, 0.6) is 0 Å². The lowest BCUT2D eigenvalue weighted by molar-refractivity contribution is -0.692. The number of nitrogens with zero attached hydrogens (tertiary/aromatic N) is 2. The molecule has 0 aromatic carbocycles. The number of unbranched alkanes of at least 4 members (excludes halogenated alkanes) is 19. The molecule has 246 valence electrons. The molecule has 0 radical (unpaired) electrons. The summed E-state index contributed by atoms with van der Waals surface area (Å²) in [7, 11) is 3.48. The van der Waals surface area contributed by atoms with Gasteiger partial charge in [-0.1, -0.05) is 127 Å². The normalized spacial score (nSPS) is 12.9. The van der Waals surface area contributed by atoms with E-state index in [2.05, 4.69) is 28.6 Å². The van der Waals surface area contributed by atoms with E-state index in [1.54, 1.807) is 23.3 Å². The molecule has 0 saturated heterocycles. The van der Waals surface area contributed by atoms with E-state index < -0.39 is 5.60 Å². The zero-order valence-electron chi connectivity index (χ0n) is 28.1. The van der Waals surface area contributed by atoms with Gasteiger partial charge in [0.25, 0.3) is 0 Å². The Balaban J connectivity index is 1.93. The molecular formula is C35H67N2O4S+. The molecule has 0 fully saturated rings. The summed E-state index contributed by atoms with van der Waals surface area (Å²) in [5.74, 6) is 0. The minimum Gasteiger partial charge on any atom is -0.446 e. The predicted molar refractivity (Wildman–Crippen MR) is 177 cm³/mol. The number of rotatable bonds is 30. The molecule has 0 aliphatic carbocycles. The van der Waals surface area contributed by atoms with Gasteiger partial charge >= 0.3 is 6.09 Å². The number of aromatic nitrogens is 1. The van der Waals surface area contributed by atoms with Crippen molar-refractivity contribution >= 4 is 17.4 Å². The quantitative estimate of drug-likeness (QED) is 0.0642. The Hall–Kier alpha value is -1.18. The van der Waals surface area contributed by atoms with Gasteiger partial charge < -0.3 is 19.1 Å². The van der Waals surface area contributed by atoms with E-state index >= 15 is 0 Å². The average Bonchev–Trinajstić information content (AvgIpc) is 3.52. The number of carbonyl (C=O) groups is 1. The minimum absolute atomic E-state index is 0.200. The molecule has 1 heterocycles. The summed E-state index contributed by atoms with van der Waals surface area (Å²) in [6.45, 7) is 7.42. The summed E-state index contributed by atoms with van der Waals surface area (Å²) in [6, 6.07) is 0. The number of methoxy groups -OCH3 is 1. The van der Waals surface area contributed by atoms with Gasteiger partial charge in [-0.05, 0) is 26.2 Å². The molecule has 6 nitrogen and oxygen atoms in total. The smallest absolute Gasteiger partial charge is 0.409 e. The summed E-state index contributed by atoms with van der Waals surface area (Å²) in [4.78, 5) is 14.2.